The van der Waals surface area contributed by atoms with Gasteiger partial charge in [-0.05, 0) is 24.1 Å². The Bertz CT molecular complexity index is 1040. The summed E-state index contributed by atoms with van der Waals surface area (Å²) >= 11 is 0. The molecule has 0 amide bonds. The molecule has 2 aromatic heterocycles. The number of nitrogens with zero attached hydrogens (tertiary/aromatic N) is 4. The third-order valence-corrected chi connectivity index (χ3v) is 5.29. The SMILES string of the molecule is COc1cc(Nc2nccc(-n3cc(C)c(CN4CC(O)C4)c3)n2)cc(OC)c1OC. The van der Waals surface area contributed by atoms with Gasteiger partial charge in [-0.1, -0.05) is 0 Å². The van der Waals surface area contributed by atoms with Gasteiger partial charge in [-0.15, -0.1) is 0 Å². The maximum absolute atomic E-state index is 9.50. The maximum Gasteiger partial charge on any atom is 0.229 e. The van der Waals surface area contributed by atoms with Crippen LogP contribution in [0.2, 0.25) is 0 Å². The molecule has 0 saturated carbocycles. The molecule has 2 N–H and O–H groups in total. The fourth-order valence-corrected chi connectivity index (χ4v) is 3.64. The summed E-state index contributed by atoms with van der Waals surface area (Å²) in [5.74, 6) is 2.81. The molecule has 3 aromatic rings. The number of hydrogen-bond donors (Lipinski definition) is 2. The first-order chi connectivity index (χ1) is 15.0. The number of nitrogens with one attached hydrogen (secondary N) is 1. The molecule has 0 spiro atoms. The summed E-state index contributed by atoms with van der Waals surface area (Å²) in [6.07, 6.45) is 5.64. The molecule has 0 radical (unpaired) electrons. The molecule has 0 bridgehead atoms. The lowest BCUT2D eigenvalue weighted by molar-refractivity contribution is -0.00295. The van der Waals surface area contributed by atoms with Gasteiger partial charge in [-0.3, -0.25) is 4.90 Å². The van der Waals surface area contributed by atoms with Crippen molar-refractivity contribution in [1.82, 2.24) is 19.4 Å². The second-order valence-corrected chi connectivity index (χ2v) is 7.50. The van der Waals surface area contributed by atoms with E-state index in [2.05, 4.69) is 39.5 Å². The van der Waals surface area contributed by atoms with Gasteiger partial charge in [0.25, 0.3) is 0 Å². The summed E-state index contributed by atoms with van der Waals surface area (Å²) in [7, 11) is 4.72. The highest BCUT2D eigenvalue weighted by Gasteiger charge is 2.25. The van der Waals surface area contributed by atoms with Crippen LogP contribution in [-0.4, -0.2) is 65.1 Å². The van der Waals surface area contributed by atoms with Crippen molar-refractivity contribution in [3.05, 3.63) is 47.9 Å². The van der Waals surface area contributed by atoms with Crippen molar-refractivity contribution in [3.63, 3.8) is 0 Å². The minimum absolute atomic E-state index is 0.201. The van der Waals surface area contributed by atoms with Gasteiger partial charge in [-0.2, -0.15) is 4.98 Å². The molecule has 4 rings (SSSR count). The second-order valence-electron chi connectivity index (χ2n) is 7.50. The number of ether oxygens (including phenoxy) is 3. The van der Waals surface area contributed by atoms with E-state index in [1.807, 2.05) is 10.6 Å². The van der Waals surface area contributed by atoms with Gasteiger partial charge in [0.15, 0.2) is 11.5 Å². The summed E-state index contributed by atoms with van der Waals surface area (Å²) in [5.41, 5.74) is 3.11. The third-order valence-electron chi connectivity index (χ3n) is 5.29. The van der Waals surface area contributed by atoms with Crippen molar-refractivity contribution in [2.45, 2.75) is 19.6 Å². The molecule has 164 valence electrons. The highest BCUT2D eigenvalue weighted by atomic mass is 16.5. The first kappa shape index (κ1) is 21.0. The quantitative estimate of drug-likeness (QED) is 0.569. The van der Waals surface area contributed by atoms with Gasteiger partial charge in [-0.25, -0.2) is 4.98 Å². The van der Waals surface area contributed by atoms with Crippen molar-refractivity contribution in [2.75, 3.05) is 39.7 Å². The Labute approximate surface area is 181 Å². The van der Waals surface area contributed by atoms with Gasteiger partial charge in [0.1, 0.15) is 5.82 Å². The molecule has 9 nitrogen and oxygen atoms in total. The molecule has 1 aromatic carbocycles. The van der Waals surface area contributed by atoms with Crippen molar-refractivity contribution in [2.24, 2.45) is 0 Å². The predicted octanol–water partition coefficient (Wildman–Crippen LogP) is 2.52. The van der Waals surface area contributed by atoms with Crippen LogP contribution in [0.15, 0.2) is 36.8 Å². The summed E-state index contributed by atoms with van der Waals surface area (Å²) in [6.45, 7) is 4.35. The zero-order valence-electron chi connectivity index (χ0n) is 18.1. The number of hydrogen-bond acceptors (Lipinski definition) is 8. The number of aliphatic hydroxyl groups is 1. The lowest BCUT2D eigenvalue weighted by Crippen LogP contribution is -2.49. The van der Waals surface area contributed by atoms with Crippen LogP contribution in [-0.2, 0) is 6.54 Å². The topological polar surface area (TPSA) is 93.9 Å². The molecule has 31 heavy (non-hydrogen) atoms. The van der Waals surface area contributed by atoms with E-state index in [1.54, 1.807) is 39.7 Å². The molecule has 1 aliphatic heterocycles. The molecule has 9 heteroatoms. The van der Waals surface area contributed by atoms with Crippen LogP contribution in [0.5, 0.6) is 17.2 Å². The fourth-order valence-electron chi connectivity index (χ4n) is 3.64. The summed E-state index contributed by atoms with van der Waals surface area (Å²) in [4.78, 5) is 11.2. The number of methoxy groups -OCH3 is 3. The first-order valence-electron chi connectivity index (χ1n) is 9.99. The number of aliphatic hydroxyl groups excluding tert-OH is 1. The van der Waals surface area contributed by atoms with Crippen molar-refractivity contribution < 1.29 is 19.3 Å². The van der Waals surface area contributed by atoms with Crippen LogP contribution in [0.25, 0.3) is 5.82 Å². The third kappa shape index (κ3) is 4.42. The number of anilines is 2. The van der Waals surface area contributed by atoms with E-state index in [-0.39, 0.29) is 6.10 Å². The maximum atomic E-state index is 9.50. The molecule has 0 aliphatic carbocycles. The van der Waals surface area contributed by atoms with Crippen LogP contribution >= 0.6 is 0 Å². The minimum atomic E-state index is -0.201. The molecule has 1 aliphatic rings. The van der Waals surface area contributed by atoms with Gasteiger partial charge < -0.3 is 29.2 Å². The van der Waals surface area contributed by atoms with Gasteiger partial charge in [0, 0.05) is 56.0 Å². The van der Waals surface area contributed by atoms with Crippen molar-refractivity contribution in [1.29, 1.82) is 0 Å². The van der Waals surface area contributed by atoms with E-state index in [9.17, 15) is 5.11 Å². The van der Waals surface area contributed by atoms with Crippen molar-refractivity contribution >= 4 is 11.6 Å². The largest absolute Gasteiger partial charge is 0.493 e. The smallest absolute Gasteiger partial charge is 0.229 e. The molecule has 3 heterocycles. The van der Waals surface area contributed by atoms with Crippen LogP contribution in [0.3, 0.4) is 0 Å². The van der Waals surface area contributed by atoms with Crippen LogP contribution < -0.4 is 19.5 Å². The minimum Gasteiger partial charge on any atom is -0.493 e. The Balaban J connectivity index is 1.55. The number of likely N-dealkylation sites (tertiary alicyclic amines) is 1. The number of aromatic nitrogens is 3. The van der Waals surface area contributed by atoms with E-state index >= 15 is 0 Å². The van der Waals surface area contributed by atoms with Gasteiger partial charge in [0.2, 0.25) is 11.7 Å². The molecule has 0 unspecified atom stereocenters. The highest BCUT2D eigenvalue weighted by Crippen LogP contribution is 2.40. The monoisotopic (exact) mass is 425 g/mol. The molecule has 1 saturated heterocycles. The van der Waals surface area contributed by atoms with Gasteiger partial charge in [0.05, 0.1) is 27.4 Å². The summed E-state index contributed by atoms with van der Waals surface area (Å²) in [5, 5.41) is 12.7. The van der Waals surface area contributed by atoms with E-state index in [4.69, 9.17) is 14.2 Å². The van der Waals surface area contributed by atoms with E-state index in [0.29, 0.717) is 28.9 Å². The Morgan fingerprint density at radius 1 is 1.10 bits per heavy atom. The lowest BCUT2D eigenvalue weighted by atomic mass is 10.1. The summed E-state index contributed by atoms with van der Waals surface area (Å²) in [6, 6.07) is 5.46. The van der Waals surface area contributed by atoms with E-state index in [0.717, 1.165) is 25.5 Å². The number of β-amino-alcohol motifs (C(OH)–C–C–N with tert-alkyl or cyclic N) is 1. The summed E-state index contributed by atoms with van der Waals surface area (Å²) < 4.78 is 18.2. The number of aryl methyl sites for hydroxylation is 1. The standard InChI is InChI=1S/C22H27N5O4/c1-14-9-27(11-15(14)10-26-12-17(28)13-26)20-5-6-23-22(25-20)24-16-7-18(29-2)21(31-4)19(8-16)30-3/h5-9,11,17,28H,10,12-13H2,1-4H3,(H,23,24,25). The molecular formula is C22H27N5O4. The van der Waals surface area contributed by atoms with E-state index < -0.39 is 0 Å². The van der Waals surface area contributed by atoms with Crippen LogP contribution in [0.4, 0.5) is 11.6 Å². The van der Waals surface area contributed by atoms with Gasteiger partial charge >= 0.3 is 0 Å². The Morgan fingerprint density at radius 3 is 2.42 bits per heavy atom. The highest BCUT2D eigenvalue weighted by molar-refractivity contribution is 5.65. The number of rotatable bonds is 8. The van der Waals surface area contributed by atoms with Crippen LogP contribution in [0.1, 0.15) is 11.1 Å². The molecular weight excluding hydrogens is 398 g/mol. The average Bonchev–Trinajstić information content (AvgIpc) is 3.12. The fraction of sp³-hybridized carbons (Fsp3) is 0.364. The normalized spacial score (nSPS) is 14.2. The molecule has 1 fully saturated rings. The van der Waals surface area contributed by atoms with E-state index in [1.165, 1.54) is 11.1 Å². The van der Waals surface area contributed by atoms with Crippen LogP contribution in [0, 0.1) is 6.92 Å². The predicted molar refractivity (Wildman–Crippen MR) is 117 cm³/mol. The first-order valence-corrected chi connectivity index (χ1v) is 9.99. The van der Waals surface area contributed by atoms with Crippen molar-refractivity contribution in [3.8, 4) is 23.1 Å². The molecule has 0 atom stereocenters. The zero-order valence-corrected chi connectivity index (χ0v) is 18.1. The second kappa shape index (κ2) is 8.83. The number of benzene rings is 1. The lowest BCUT2D eigenvalue weighted by Gasteiger charge is -2.35. The Kier molecular flexibility index (Phi) is 5.97. The average molecular weight is 425 g/mol. The Hall–Kier alpha value is -3.30. The Morgan fingerprint density at radius 2 is 1.81 bits per heavy atom. The zero-order chi connectivity index (χ0) is 22.0.